The minimum Gasteiger partial charge on any atom is -0.506 e. The van der Waals surface area contributed by atoms with Crippen LogP contribution >= 0.6 is 0 Å². The molecule has 0 aliphatic carbocycles. The van der Waals surface area contributed by atoms with E-state index in [0.29, 0.717) is 18.4 Å². The zero-order chi connectivity index (χ0) is 17.2. The van der Waals surface area contributed by atoms with Crippen LogP contribution in [-0.2, 0) is 23.0 Å². The van der Waals surface area contributed by atoms with Gasteiger partial charge in [-0.05, 0) is 48.9 Å². The van der Waals surface area contributed by atoms with Crippen molar-refractivity contribution in [1.29, 1.82) is 0 Å². The van der Waals surface area contributed by atoms with Crippen LogP contribution in [0.25, 0.3) is 11.0 Å². The first-order valence-electron chi connectivity index (χ1n) is 7.53. The number of para-hydroxylation sites is 1. The molecule has 0 bridgehead atoms. The molecule has 2 aromatic carbocycles. The summed E-state index contributed by atoms with van der Waals surface area (Å²) in [6.45, 7) is 0. The maximum Gasteiger partial charge on any atom is 0.298 e. The first kappa shape index (κ1) is 16.4. The molecule has 0 saturated heterocycles. The number of aromatic amines is 1. The summed E-state index contributed by atoms with van der Waals surface area (Å²) in [4.78, 5) is -0.399. The van der Waals surface area contributed by atoms with Crippen molar-refractivity contribution >= 4 is 21.2 Å². The number of hydrogen-bond acceptors (Lipinski definition) is 5. The molecule has 24 heavy (non-hydrogen) atoms. The number of H-pyrrole nitrogens is 1. The predicted octanol–water partition coefficient (Wildman–Crippen LogP) is 2.48. The number of nitrogens with one attached hydrogen (secondary N) is 1. The van der Waals surface area contributed by atoms with Gasteiger partial charge in [0.25, 0.3) is 10.1 Å². The Balaban J connectivity index is 1.68. The van der Waals surface area contributed by atoms with Crippen LogP contribution in [0.1, 0.15) is 24.0 Å². The average molecular weight is 347 g/mol. The third-order valence-electron chi connectivity index (χ3n) is 3.91. The van der Waals surface area contributed by atoms with Crippen LogP contribution in [0.15, 0.2) is 41.3 Å². The van der Waals surface area contributed by atoms with Gasteiger partial charge in [-0.25, -0.2) is 0 Å². The Morgan fingerprint density at radius 1 is 0.958 bits per heavy atom. The topological polar surface area (TPSA) is 116 Å². The molecular formula is C16H17N3O4S. The molecule has 0 saturated carbocycles. The summed E-state index contributed by atoms with van der Waals surface area (Å²) in [7, 11) is -4.45. The maximum absolute atomic E-state index is 11.4. The van der Waals surface area contributed by atoms with Gasteiger partial charge in [-0.3, -0.25) is 4.55 Å². The molecule has 0 fully saturated rings. The lowest BCUT2D eigenvalue weighted by molar-refractivity contribution is 0.440. The average Bonchev–Trinajstić information content (AvgIpc) is 2.99. The molecule has 0 spiro atoms. The zero-order valence-corrected chi connectivity index (χ0v) is 13.6. The van der Waals surface area contributed by atoms with Gasteiger partial charge in [0.2, 0.25) is 0 Å². The van der Waals surface area contributed by atoms with Gasteiger partial charge in [-0.1, -0.05) is 24.3 Å². The van der Waals surface area contributed by atoms with E-state index in [1.807, 2.05) is 18.2 Å². The van der Waals surface area contributed by atoms with E-state index in [1.165, 1.54) is 6.07 Å². The highest BCUT2D eigenvalue weighted by molar-refractivity contribution is 7.86. The van der Waals surface area contributed by atoms with Gasteiger partial charge >= 0.3 is 0 Å². The molecule has 7 nitrogen and oxygen atoms in total. The second-order valence-electron chi connectivity index (χ2n) is 5.56. The second-order valence-corrected chi connectivity index (χ2v) is 6.91. The number of rotatable bonds is 6. The van der Waals surface area contributed by atoms with Crippen molar-refractivity contribution in [2.75, 3.05) is 0 Å². The number of benzene rings is 2. The van der Waals surface area contributed by atoms with Gasteiger partial charge in [0.05, 0.1) is 0 Å². The van der Waals surface area contributed by atoms with Crippen molar-refractivity contribution in [3.8, 4) is 5.75 Å². The predicted molar refractivity (Wildman–Crippen MR) is 88.5 cm³/mol. The smallest absolute Gasteiger partial charge is 0.298 e. The van der Waals surface area contributed by atoms with Crippen LogP contribution in [0.3, 0.4) is 0 Å². The summed E-state index contributed by atoms with van der Waals surface area (Å²) in [6, 6.07) is 10.2. The molecule has 126 valence electrons. The lowest BCUT2D eigenvalue weighted by Gasteiger charge is -2.09. The molecule has 0 radical (unpaired) electrons. The lowest BCUT2D eigenvalue weighted by atomic mass is 10.0. The normalized spacial score (nSPS) is 11.9. The Bertz CT molecular complexity index is 966. The van der Waals surface area contributed by atoms with Crippen molar-refractivity contribution < 1.29 is 18.1 Å². The van der Waals surface area contributed by atoms with Crippen molar-refractivity contribution in [2.24, 2.45) is 0 Å². The first-order chi connectivity index (χ1) is 11.5. The monoisotopic (exact) mass is 347 g/mol. The van der Waals surface area contributed by atoms with E-state index in [-0.39, 0.29) is 0 Å². The fourth-order valence-electron chi connectivity index (χ4n) is 2.82. The van der Waals surface area contributed by atoms with Crippen LogP contribution in [0, 0.1) is 0 Å². The molecular weight excluding hydrogens is 330 g/mol. The maximum atomic E-state index is 11.4. The van der Waals surface area contributed by atoms with E-state index >= 15 is 0 Å². The third-order valence-corrected chi connectivity index (χ3v) is 4.89. The summed E-state index contributed by atoms with van der Waals surface area (Å²) in [5.74, 6) is -0.428. The third kappa shape index (κ3) is 3.39. The Kier molecular flexibility index (Phi) is 4.50. The van der Waals surface area contributed by atoms with E-state index in [1.54, 1.807) is 12.1 Å². The SMILES string of the molecule is O=S(=O)(O)c1c(O)cccc1CCCCc1cccc2n[nH]nc12. The molecule has 3 N–H and O–H groups in total. The Morgan fingerprint density at radius 3 is 2.38 bits per heavy atom. The number of phenols is 1. The molecule has 0 aliphatic rings. The van der Waals surface area contributed by atoms with Crippen LogP contribution in [-0.4, -0.2) is 33.5 Å². The number of aromatic hydroxyl groups is 1. The summed E-state index contributed by atoms with van der Waals surface area (Å²) in [5.41, 5.74) is 3.15. The Hall–Kier alpha value is -2.45. The van der Waals surface area contributed by atoms with E-state index in [0.717, 1.165) is 29.4 Å². The minimum atomic E-state index is -4.45. The number of hydrogen-bond donors (Lipinski definition) is 3. The van der Waals surface area contributed by atoms with Crippen LogP contribution < -0.4 is 0 Å². The number of aromatic nitrogens is 3. The number of nitrogens with zero attached hydrogens (tertiary/aromatic N) is 2. The second kappa shape index (κ2) is 6.58. The van der Waals surface area contributed by atoms with Crippen molar-refractivity contribution in [3.05, 3.63) is 47.5 Å². The molecule has 0 unspecified atom stereocenters. The summed E-state index contributed by atoms with van der Waals surface area (Å²) >= 11 is 0. The fraction of sp³-hybridized carbons (Fsp3) is 0.250. The van der Waals surface area contributed by atoms with Gasteiger partial charge in [0.1, 0.15) is 21.7 Å². The summed E-state index contributed by atoms with van der Waals surface area (Å²) in [5, 5.41) is 20.5. The van der Waals surface area contributed by atoms with Crippen LogP contribution in [0.5, 0.6) is 5.75 Å². The van der Waals surface area contributed by atoms with Crippen molar-refractivity contribution in [1.82, 2.24) is 15.4 Å². The molecule has 0 amide bonds. The van der Waals surface area contributed by atoms with E-state index in [9.17, 15) is 18.1 Å². The highest BCUT2D eigenvalue weighted by Crippen LogP contribution is 2.27. The van der Waals surface area contributed by atoms with E-state index in [4.69, 9.17) is 0 Å². The largest absolute Gasteiger partial charge is 0.506 e. The fourth-order valence-corrected chi connectivity index (χ4v) is 3.66. The van der Waals surface area contributed by atoms with Crippen LogP contribution in [0.4, 0.5) is 0 Å². The Morgan fingerprint density at radius 2 is 1.62 bits per heavy atom. The quantitative estimate of drug-likeness (QED) is 0.466. The standard InChI is InChI=1S/C16H17N3O4S/c20-14-10-4-8-12(16(14)24(21,22)23)6-2-1-5-11-7-3-9-13-15(11)18-19-17-13/h3-4,7-10,20H,1-2,5-6H2,(H,17,18,19)(H,21,22,23). The van der Waals surface area contributed by atoms with Gasteiger partial charge < -0.3 is 5.11 Å². The number of phenolic OH excluding ortho intramolecular Hbond substituents is 1. The van der Waals surface area contributed by atoms with E-state index in [2.05, 4.69) is 15.4 Å². The number of unbranched alkanes of at least 4 members (excludes halogenated alkanes) is 1. The zero-order valence-electron chi connectivity index (χ0n) is 12.8. The molecule has 0 aliphatic heterocycles. The number of fused-ring (bicyclic) bond motifs is 1. The van der Waals surface area contributed by atoms with Gasteiger partial charge in [0.15, 0.2) is 0 Å². The molecule has 3 aromatic rings. The lowest BCUT2D eigenvalue weighted by Crippen LogP contribution is -2.04. The minimum absolute atomic E-state index is 0.399. The van der Waals surface area contributed by atoms with Crippen molar-refractivity contribution in [2.45, 2.75) is 30.6 Å². The Labute approximate surface area is 139 Å². The molecule has 8 heteroatoms. The van der Waals surface area contributed by atoms with Crippen molar-refractivity contribution in [3.63, 3.8) is 0 Å². The molecule has 1 heterocycles. The van der Waals surface area contributed by atoms with Crippen LogP contribution in [0.2, 0.25) is 0 Å². The molecule has 0 atom stereocenters. The van der Waals surface area contributed by atoms with Gasteiger partial charge in [-0.2, -0.15) is 23.8 Å². The summed E-state index contributed by atoms with van der Waals surface area (Å²) < 4.78 is 32.1. The molecule has 3 rings (SSSR count). The van der Waals surface area contributed by atoms with Gasteiger partial charge in [-0.15, -0.1) is 0 Å². The highest BCUT2D eigenvalue weighted by atomic mass is 32.2. The number of aryl methyl sites for hydroxylation is 2. The van der Waals surface area contributed by atoms with E-state index < -0.39 is 20.8 Å². The first-order valence-corrected chi connectivity index (χ1v) is 8.97. The summed E-state index contributed by atoms with van der Waals surface area (Å²) in [6.07, 6.45) is 2.75. The molecule has 1 aromatic heterocycles. The highest BCUT2D eigenvalue weighted by Gasteiger charge is 2.19. The van der Waals surface area contributed by atoms with Gasteiger partial charge in [0, 0.05) is 0 Å².